The van der Waals surface area contributed by atoms with E-state index in [2.05, 4.69) is 9.71 Å². The Morgan fingerprint density at radius 3 is 2.73 bits per heavy atom. The fraction of sp³-hybridized carbons (Fsp3) is 0.471. The predicted octanol–water partition coefficient (Wildman–Crippen LogP) is 1.42. The molecule has 0 spiro atoms. The molecule has 3 heterocycles. The SMILES string of the molecule is CN(C)C(CNS(=O)(=O)c1c[nH]c(C(=O)N2CCCC2)c1)c1ccco1. The third-order valence-corrected chi connectivity index (χ3v) is 5.96. The molecule has 2 aromatic rings. The van der Waals surface area contributed by atoms with Crippen LogP contribution in [0.4, 0.5) is 0 Å². The van der Waals surface area contributed by atoms with E-state index in [0.717, 1.165) is 12.8 Å². The van der Waals surface area contributed by atoms with E-state index in [-0.39, 0.29) is 23.4 Å². The van der Waals surface area contributed by atoms with Gasteiger partial charge in [0.15, 0.2) is 0 Å². The number of hydrogen-bond acceptors (Lipinski definition) is 5. The van der Waals surface area contributed by atoms with Gasteiger partial charge in [-0.05, 0) is 45.1 Å². The third-order valence-electron chi connectivity index (χ3n) is 4.55. The smallest absolute Gasteiger partial charge is 0.270 e. The third kappa shape index (κ3) is 4.00. The molecule has 1 aliphatic rings. The first-order valence-electron chi connectivity index (χ1n) is 8.55. The number of hydrogen-bond donors (Lipinski definition) is 2. The summed E-state index contributed by atoms with van der Waals surface area (Å²) in [4.78, 5) is 18.8. The van der Waals surface area contributed by atoms with Gasteiger partial charge in [0.1, 0.15) is 16.3 Å². The van der Waals surface area contributed by atoms with Gasteiger partial charge in [0.05, 0.1) is 12.3 Å². The van der Waals surface area contributed by atoms with Gasteiger partial charge in [0, 0.05) is 25.8 Å². The molecule has 1 atom stereocenters. The second-order valence-electron chi connectivity index (χ2n) is 6.60. The Bertz CT molecular complexity index is 836. The van der Waals surface area contributed by atoms with Gasteiger partial charge >= 0.3 is 0 Å². The maximum atomic E-state index is 12.6. The van der Waals surface area contributed by atoms with E-state index in [1.54, 1.807) is 17.2 Å². The molecular weight excluding hydrogens is 356 g/mol. The zero-order chi connectivity index (χ0) is 18.7. The molecule has 8 nitrogen and oxygen atoms in total. The Morgan fingerprint density at radius 1 is 1.38 bits per heavy atom. The maximum absolute atomic E-state index is 12.6. The van der Waals surface area contributed by atoms with Crippen molar-refractivity contribution in [3.8, 4) is 0 Å². The lowest BCUT2D eigenvalue weighted by molar-refractivity contribution is 0.0787. The zero-order valence-corrected chi connectivity index (χ0v) is 15.8. The van der Waals surface area contributed by atoms with Crippen molar-refractivity contribution in [2.45, 2.75) is 23.8 Å². The fourth-order valence-electron chi connectivity index (χ4n) is 3.03. The molecule has 0 saturated carbocycles. The summed E-state index contributed by atoms with van der Waals surface area (Å²) in [5.41, 5.74) is 0.294. The second-order valence-corrected chi connectivity index (χ2v) is 8.36. The van der Waals surface area contributed by atoms with Crippen LogP contribution in [0.2, 0.25) is 0 Å². The Hall–Kier alpha value is -2.10. The number of amides is 1. The van der Waals surface area contributed by atoms with Crippen molar-refractivity contribution in [2.24, 2.45) is 0 Å². The van der Waals surface area contributed by atoms with Crippen LogP contribution in [0.5, 0.6) is 0 Å². The summed E-state index contributed by atoms with van der Waals surface area (Å²) in [5, 5.41) is 0. The summed E-state index contributed by atoms with van der Waals surface area (Å²) in [6.07, 6.45) is 4.88. The minimum Gasteiger partial charge on any atom is -0.468 e. The number of nitrogens with zero attached hydrogens (tertiary/aromatic N) is 2. The lowest BCUT2D eigenvalue weighted by Crippen LogP contribution is -2.34. The minimum absolute atomic E-state index is 0.0528. The number of rotatable bonds is 7. The van der Waals surface area contributed by atoms with E-state index in [1.807, 2.05) is 25.1 Å². The number of aromatic nitrogens is 1. The van der Waals surface area contributed by atoms with Crippen molar-refractivity contribution in [3.05, 3.63) is 42.1 Å². The van der Waals surface area contributed by atoms with Crippen molar-refractivity contribution in [2.75, 3.05) is 33.7 Å². The van der Waals surface area contributed by atoms with Gasteiger partial charge < -0.3 is 14.3 Å². The van der Waals surface area contributed by atoms with Crippen LogP contribution < -0.4 is 4.72 Å². The van der Waals surface area contributed by atoms with Crippen molar-refractivity contribution in [1.82, 2.24) is 19.5 Å². The molecule has 26 heavy (non-hydrogen) atoms. The van der Waals surface area contributed by atoms with Crippen molar-refractivity contribution in [1.29, 1.82) is 0 Å². The van der Waals surface area contributed by atoms with Crippen LogP contribution in [0.3, 0.4) is 0 Å². The quantitative estimate of drug-likeness (QED) is 0.757. The number of carbonyl (C=O) groups excluding carboxylic acids is 1. The highest BCUT2D eigenvalue weighted by Crippen LogP contribution is 2.20. The number of likely N-dealkylation sites (N-methyl/N-ethyl adjacent to an activating group) is 1. The van der Waals surface area contributed by atoms with Crippen LogP contribution in [0, 0.1) is 0 Å². The fourth-order valence-corrected chi connectivity index (χ4v) is 4.07. The van der Waals surface area contributed by atoms with Crippen molar-refractivity contribution in [3.63, 3.8) is 0 Å². The highest BCUT2D eigenvalue weighted by atomic mass is 32.2. The molecule has 1 aliphatic heterocycles. The summed E-state index contributed by atoms with van der Waals surface area (Å²) in [5.74, 6) is 0.516. The summed E-state index contributed by atoms with van der Waals surface area (Å²) in [6.45, 7) is 1.58. The van der Waals surface area contributed by atoms with Gasteiger partial charge in [-0.1, -0.05) is 0 Å². The first-order valence-corrected chi connectivity index (χ1v) is 10.0. The lowest BCUT2D eigenvalue weighted by Gasteiger charge is -2.22. The molecule has 2 N–H and O–H groups in total. The van der Waals surface area contributed by atoms with Crippen LogP contribution in [0.25, 0.3) is 0 Å². The summed E-state index contributed by atoms with van der Waals surface area (Å²) in [7, 11) is -0.0329. The topological polar surface area (TPSA) is 98.7 Å². The van der Waals surface area contributed by atoms with Crippen LogP contribution in [-0.2, 0) is 10.0 Å². The normalized spacial score (nSPS) is 16.3. The number of furan rings is 1. The molecule has 0 aromatic carbocycles. The lowest BCUT2D eigenvalue weighted by atomic mass is 10.2. The average Bonchev–Trinajstić information content (AvgIpc) is 3.34. The molecule has 1 fully saturated rings. The number of carbonyl (C=O) groups is 1. The number of H-pyrrole nitrogens is 1. The van der Waals surface area contributed by atoms with Gasteiger partial charge in [-0.15, -0.1) is 0 Å². The summed E-state index contributed by atoms with van der Waals surface area (Å²) >= 11 is 0. The van der Waals surface area contributed by atoms with E-state index in [1.165, 1.54) is 12.3 Å². The standard InChI is InChI=1S/C17H24N4O4S/c1-20(2)15(16-6-5-9-25-16)12-19-26(23,24)13-10-14(18-11-13)17(22)21-7-3-4-8-21/h5-6,9-11,15,18-19H,3-4,7-8,12H2,1-2H3. The van der Waals surface area contributed by atoms with Crippen LogP contribution in [-0.4, -0.2) is 62.8 Å². The summed E-state index contributed by atoms with van der Waals surface area (Å²) in [6, 6.07) is 4.73. The molecule has 0 bridgehead atoms. The number of sulfonamides is 1. The monoisotopic (exact) mass is 380 g/mol. The van der Waals surface area contributed by atoms with Crippen molar-refractivity contribution >= 4 is 15.9 Å². The number of likely N-dealkylation sites (tertiary alicyclic amines) is 1. The highest BCUT2D eigenvalue weighted by Gasteiger charge is 2.25. The first kappa shape index (κ1) is 18.7. The maximum Gasteiger partial charge on any atom is 0.270 e. The number of nitrogens with one attached hydrogen (secondary N) is 2. The van der Waals surface area contributed by atoms with E-state index < -0.39 is 10.0 Å². The van der Waals surface area contributed by atoms with Crippen LogP contribution in [0.1, 0.15) is 35.1 Å². The summed E-state index contributed by atoms with van der Waals surface area (Å²) < 4.78 is 33.1. The molecular formula is C17H24N4O4S. The minimum atomic E-state index is -3.74. The molecule has 142 valence electrons. The van der Waals surface area contributed by atoms with Crippen LogP contribution >= 0.6 is 0 Å². The zero-order valence-electron chi connectivity index (χ0n) is 14.9. The van der Waals surface area contributed by atoms with E-state index in [9.17, 15) is 13.2 Å². The molecule has 3 rings (SSSR count). The van der Waals surface area contributed by atoms with Gasteiger partial charge in [-0.25, -0.2) is 13.1 Å². The van der Waals surface area contributed by atoms with Crippen LogP contribution in [0.15, 0.2) is 40.0 Å². The molecule has 0 radical (unpaired) electrons. The highest BCUT2D eigenvalue weighted by molar-refractivity contribution is 7.89. The Morgan fingerprint density at radius 2 is 2.12 bits per heavy atom. The molecule has 1 amide bonds. The predicted molar refractivity (Wildman–Crippen MR) is 96.3 cm³/mol. The van der Waals surface area contributed by atoms with Gasteiger partial charge in [0.2, 0.25) is 10.0 Å². The van der Waals surface area contributed by atoms with Gasteiger partial charge in [-0.2, -0.15) is 0 Å². The molecule has 9 heteroatoms. The van der Waals surface area contributed by atoms with E-state index >= 15 is 0 Å². The molecule has 0 aliphatic carbocycles. The van der Waals surface area contributed by atoms with Crippen molar-refractivity contribution < 1.29 is 17.6 Å². The Kier molecular flexibility index (Phi) is 5.49. The second kappa shape index (κ2) is 7.65. The average molecular weight is 380 g/mol. The largest absolute Gasteiger partial charge is 0.468 e. The van der Waals surface area contributed by atoms with E-state index in [4.69, 9.17) is 4.42 Å². The number of aromatic amines is 1. The van der Waals surface area contributed by atoms with Gasteiger partial charge in [-0.3, -0.25) is 9.69 Å². The Labute approximate surface area is 153 Å². The molecule has 2 aromatic heterocycles. The Balaban J connectivity index is 1.69. The van der Waals surface area contributed by atoms with E-state index in [0.29, 0.717) is 24.5 Å². The van der Waals surface area contributed by atoms with Gasteiger partial charge in [0.25, 0.3) is 5.91 Å². The molecule has 1 saturated heterocycles. The first-order chi connectivity index (χ1) is 12.4. The molecule has 1 unspecified atom stereocenters.